The Kier molecular flexibility index (Phi) is 6.61. The first kappa shape index (κ1) is 21.7. The van der Waals surface area contributed by atoms with Crippen LogP contribution in [0.1, 0.15) is 45.7 Å². The zero-order chi connectivity index (χ0) is 22.5. The predicted molar refractivity (Wildman–Crippen MR) is 124 cm³/mol. The van der Waals surface area contributed by atoms with Crippen molar-refractivity contribution >= 4 is 29.1 Å². The quantitative estimate of drug-likeness (QED) is 0.557. The summed E-state index contributed by atoms with van der Waals surface area (Å²) in [5.74, 6) is 0.462. The first-order chi connectivity index (χ1) is 15.5. The molecule has 7 heteroatoms. The summed E-state index contributed by atoms with van der Waals surface area (Å²) in [5, 5.41) is 6.19. The number of hydrogen-bond acceptors (Lipinski definition) is 4. The number of carbonyl (C=O) groups is 2. The summed E-state index contributed by atoms with van der Waals surface area (Å²) in [7, 11) is 0. The average Bonchev–Trinajstić information content (AvgIpc) is 3.06. The van der Waals surface area contributed by atoms with Gasteiger partial charge in [-0.2, -0.15) is 0 Å². The molecular weight excluding hydrogens is 428 g/mol. The van der Waals surface area contributed by atoms with Gasteiger partial charge in [0.15, 0.2) is 11.5 Å². The molecule has 1 aliphatic rings. The molecule has 0 saturated heterocycles. The van der Waals surface area contributed by atoms with Gasteiger partial charge in [0.2, 0.25) is 0 Å². The first-order valence-corrected chi connectivity index (χ1v) is 10.8. The normalized spacial score (nSPS) is 13.6. The summed E-state index contributed by atoms with van der Waals surface area (Å²) in [6.07, 6.45) is 0.751. The number of hydrogen-bond donors (Lipinski definition) is 2. The number of amides is 2. The summed E-state index contributed by atoms with van der Waals surface area (Å²) in [4.78, 5) is 25.3. The second kappa shape index (κ2) is 9.75. The van der Waals surface area contributed by atoms with Crippen LogP contribution in [0.15, 0.2) is 66.7 Å². The molecule has 0 saturated carbocycles. The van der Waals surface area contributed by atoms with E-state index in [0.717, 1.165) is 12.0 Å². The van der Waals surface area contributed by atoms with Gasteiger partial charge in [0.05, 0.1) is 24.3 Å². The first-order valence-electron chi connectivity index (χ1n) is 10.4. The number of carbonyl (C=O) groups excluding carboxylic acids is 2. The standard InChI is InChI=1S/C25H23ClN2O4/c1-16(18-9-5-10-20(13-18)28-24(29)17-7-3-2-4-8-17)27-25(30)19-14-21(26)23-22(15-19)31-11-6-12-32-23/h2-5,7-10,13-16H,6,11-12H2,1H3,(H,27,30)(H,28,29). The highest BCUT2D eigenvalue weighted by Gasteiger charge is 2.20. The molecule has 0 bridgehead atoms. The molecule has 4 rings (SSSR count). The van der Waals surface area contributed by atoms with Crippen LogP contribution in [0.25, 0.3) is 0 Å². The van der Waals surface area contributed by atoms with Crippen molar-refractivity contribution in [3.8, 4) is 11.5 Å². The molecule has 1 heterocycles. The lowest BCUT2D eigenvalue weighted by Gasteiger charge is -2.17. The Bertz CT molecular complexity index is 1130. The molecule has 0 aliphatic carbocycles. The van der Waals surface area contributed by atoms with Crippen molar-refractivity contribution in [1.82, 2.24) is 5.32 Å². The van der Waals surface area contributed by atoms with Gasteiger partial charge in [-0.15, -0.1) is 0 Å². The van der Waals surface area contributed by atoms with Gasteiger partial charge in [-0.05, 0) is 48.9 Å². The van der Waals surface area contributed by atoms with E-state index in [0.29, 0.717) is 46.5 Å². The van der Waals surface area contributed by atoms with E-state index >= 15 is 0 Å². The maximum atomic E-state index is 12.9. The molecule has 164 valence electrons. The molecule has 0 fully saturated rings. The molecule has 3 aromatic carbocycles. The highest BCUT2D eigenvalue weighted by atomic mass is 35.5. The molecule has 0 spiro atoms. The van der Waals surface area contributed by atoms with Gasteiger partial charge >= 0.3 is 0 Å². The summed E-state index contributed by atoms with van der Waals surface area (Å²) in [5.41, 5.74) is 2.46. The van der Waals surface area contributed by atoms with E-state index in [2.05, 4.69) is 10.6 Å². The third kappa shape index (κ3) is 5.03. The van der Waals surface area contributed by atoms with E-state index in [1.807, 2.05) is 49.4 Å². The lowest BCUT2D eigenvalue weighted by Crippen LogP contribution is -2.26. The molecule has 6 nitrogen and oxygen atoms in total. The van der Waals surface area contributed by atoms with Gasteiger partial charge < -0.3 is 20.1 Å². The molecular formula is C25H23ClN2O4. The minimum atomic E-state index is -0.300. The summed E-state index contributed by atoms with van der Waals surface area (Å²) in [6.45, 7) is 2.90. The van der Waals surface area contributed by atoms with E-state index in [4.69, 9.17) is 21.1 Å². The van der Waals surface area contributed by atoms with Gasteiger partial charge in [0.25, 0.3) is 11.8 Å². The molecule has 32 heavy (non-hydrogen) atoms. The molecule has 1 atom stereocenters. The summed E-state index contributed by atoms with van der Waals surface area (Å²) >= 11 is 6.31. The van der Waals surface area contributed by atoms with E-state index in [-0.39, 0.29) is 17.9 Å². The SMILES string of the molecule is CC(NC(=O)c1cc(Cl)c2c(c1)OCCCO2)c1cccc(NC(=O)c2ccccc2)c1. The highest BCUT2D eigenvalue weighted by Crippen LogP contribution is 2.38. The zero-order valence-corrected chi connectivity index (χ0v) is 18.3. The molecule has 2 N–H and O–H groups in total. The second-order valence-electron chi connectivity index (χ2n) is 7.48. The minimum absolute atomic E-state index is 0.193. The van der Waals surface area contributed by atoms with Crippen molar-refractivity contribution in [1.29, 1.82) is 0 Å². The van der Waals surface area contributed by atoms with E-state index in [9.17, 15) is 9.59 Å². The van der Waals surface area contributed by atoms with Crippen molar-refractivity contribution in [2.24, 2.45) is 0 Å². The molecule has 1 aliphatic heterocycles. The molecule has 0 radical (unpaired) electrons. The Hall–Kier alpha value is -3.51. The van der Waals surface area contributed by atoms with Crippen LogP contribution in [0, 0.1) is 0 Å². The lowest BCUT2D eigenvalue weighted by atomic mass is 10.1. The zero-order valence-electron chi connectivity index (χ0n) is 17.6. The van der Waals surface area contributed by atoms with Crippen molar-refractivity contribution in [2.45, 2.75) is 19.4 Å². The van der Waals surface area contributed by atoms with Crippen LogP contribution in [-0.4, -0.2) is 25.0 Å². The maximum Gasteiger partial charge on any atom is 0.255 e. The fraction of sp³-hybridized carbons (Fsp3) is 0.200. The van der Waals surface area contributed by atoms with Crippen molar-refractivity contribution in [3.05, 3.63) is 88.4 Å². The average molecular weight is 451 g/mol. The number of benzene rings is 3. The Morgan fingerprint density at radius 3 is 2.50 bits per heavy atom. The fourth-order valence-electron chi connectivity index (χ4n) is 3.40. The minimum Gasteiger partial charge on any atom is -0.489 e. The van der Waals surface area contributed by atoms with Crippen LogP contribution in [0.5, 0.6) is 11.5 Å². The highest BCUT2D eigenvalue weighted by molar-refractivity contribution is 6.32. The monoisotopic (exact) mass is 450 g/mol. The lowest BCUT2D eigenvalue weighted by molar-refractivity contribution is 0.0938. The van der Waals surface area contributed by atoms with Crippen LogP contribution < -0.4 is 20.1 Å². The number of ether oxygens (including phenoxy) is 2. The number of nitrogens with one attached hydrogen (secondary N) is 2. The van der Waals surface area contributed by atoms with Crippen molar-refractivity contribution < 1.29 is 19.1 Å². The topological polar surface area (TPSA) is 76.7 Å². The predicted octanol–water partition coefficient (Wildman–Crippen LogP) is 5.24. The Morgan fingerprint density at radius 2 is 1.69 bits per heavy atom. The smallest absolute Gasteiger partial charge is 0.255 e. The largest absolute Gasteiger partial charge is 0.489 e. The Morgan fingerprint density at radius 1 is 0.906 bits per heavy atom. The van der Waals surface area contributed by atoms with Crippen LogP contribution in [-0.2, 0) is 0 Å². The van der Waals surface area contributed by atoms with Gasteiger partial charge in [-0.1, -0.05) is 41.9 Å². The Labute approximate surface area is 191 Å². The third-order valence-electron chi connectivity index (χ3n) is 5.09. The number of rotatable bonds is 5. The van der Waals surface area contributed by atoms with Gasteiger partial charge in [0, 0.05) is 23.2 Å². The molecule has 2 amide bonds. The van der Waals surface area contributed by atoms with E-state index in [1.165, 1.54) is 0 Å². The van der Waals surface area contributed by atoms with Crippen molar-refractivity contribution in [2.75, 3.05) is 18.5 Å². The summed E-state index contributed by atoms with van der Waals surface area (Å²) in [6, 6.07) is 19.3. The van der Waals surface area contributed by atoms with E-state index < -0.39 is 0 Å². The molecule has 1 unspecified atom stereocenters. The van der Waals surface area contributed by atoms with Crippen LogP contribution in [0.3, 0.4) is 0 Å². The van der Waals surface area contributed by atoms with Gasteiger partial charge in [-0.3, -0.25) is 9.59 Å². The van der Waals surface area contributed by atoms with Crippen LogP contribution in [0.2, 0.25) is 5.02 Å². The number of halogens is 1. The van der Waals surface area contributed by atoms with Crippen LogP contribution in [0.4, 0.5) is 5.69 Å². The number of fused-ring (bicyclic) bond motifs is 1. The van der Waals surface area contributed by atoms with Gasteiger partial charge in [0.1, 0.15) is 0 Å². The molecule has 3 aromatic rings. The second-order valence-corrected chi connectivity index (χ2v) is 7.88. The summed E-state index contributed by atoms with van der Waals surface area (Å²) < 4.78 is 11.3. The fourth-order valence-corrected chi connectivity index (χ4v) is 3.67. The van der Waals surface area contributed by atoms with Crippen molar-refractivity contribution in [3.63, 3.8) is 0 Å². The molecule has 0 aromatic heterocycles. The third-order valence-corrected chi connectivity index (χ3v) is 5.37. The number of anilines is 1. The van der Waals surface area contributed by atoms with E-state index in [1.54, 1.807) is 24.3 Å². The Balaban J connectivity index is 1.46. The van der Waals surface area contributed by atoms with Gasteiger partial charge in [-0.25, -0.2) is 0 Å². The maximum absolute atomic E-state index is 12.9. The van der Waals surface area contributed by atoms with Crippen LogP contribution >= 0.6 is 11.6 Å².